The number of hydrogen-bond donors (Lipinski definition) is 0. The van der Waals surface area contributed by atoms with Crippen LogP contribution < -0.4 is 0 Å². The summed E-state index contributed by atoms with van der Waals surface area (Å²) in [5, 5.41) is 0. The number of fused-ring (bicyclic) bond motifs is 1. The number of ether oxygens (including phenoxy) is 1. The van der Waals surface area contributed by atoms with Crippen molar-refractivity contribution in [1.29, 1.82) is 0 Å². The molecule has 6 nitrogen and oxygen atoms in total. The molecule has 2 aliphatic heterocycles. The van der Waals surface area contributed by atoms with E-state index in [4.69, 9.17) is 4.74 Å². The van der Waals surface area contributed by atoms with Gasteiger partial charge in [0.05, 0.1) is 4.90 Å². The molecule has 136 valence electrons. The van der Waals surface area contributed by atoms with Gasteiger partial charge in [-0.1, -0.05) is 6.07 Å². The second kappa shape index (κ2) is 6.70. The van der Waals surface area contributed by atoms with Crippen molar-refractivity contribution in [3.63, 3.8) is 0 Å². The number of sulfonamides is 1. The Bertz CT molecular complexity index is 763. The van der Waals surface area contributed by atoms with Gasteiger partial charge >= 0.3 is 0 Å². The van der Waals surface area contributed by atoms with Gasteiger partial charge in [0.15, 0.2) is 0 Å². The Hall–Kier alpha value is -1.44. The van der Waals surface area contributed by atoms with Crippen LogP contribution in [0, 0.1) is 0 Å². The predicted octanol–water partition coefficient (Wildman–Crippen LogP) is 1.19. The molecule has 0 aromatic heterocycles. The third kappa shape index (κ3) is 3.20. The molecule has 0 saturated carbocycles. The molecule has 4 rings (SSSR count). The summed E-state index contributed by atoms with van der Waals surface area (Å²) in [4.78, 5) is 14.5. The Balaban J connectivity index is 1.43. The highest BCUT2D eigenvalue weighted by Crippen LogP contribution is 2.27. The SMILES string of the molecule is O=C([C@@H]1CCCO1)N1CCN(S(=O)(=O)c2ccc3c(c2)CCC3)CC1. The van der Waals surface area contributed by atoms with Gasteiger partial charge in [0, 0.05) is 32.8 Å². The summed E-state index contributed by atoms with van der Waals surface area (Å²) < 4.78 is 32.8. The van der Waals surface area contributed by atoms with Gasteiger partial charge in [0.2, 0.25) is 10.0 Å². The van der Waals surface area contributed by atoms with Crippen molar-refractivity contribution in [3.05, 3.63) is 29.3 Å². The number of aryl methyl sites for hydroxylation is 2. The molecule has 1 atom stereocenters. The lowest BCUT2D eigenvalue weighted by Gasteiger charge is -2.35. The van der Waals surface area contributed by atoms with Crippen LogP contribution in [0.15, 0.2) is 23.1 Å². The van der Waals surface area contributed by atoms with Gasteiger partial charge < -0.3 is 9.64 Å². The topological polar surface area (TPSA) is 66.9 Å². The normalized spacial score (nSPS) is 24.5. The highest BCUT2D eigenvalue weighted by molar-refractivity contribution is 7.89. The maximum Gasteiger partial charge on any atom is 0.251 e. The smallest absolute Gasteiger partial charge is 0.251 e. The van der Waals surface area contributed by atoms with Crippen LogP contribution in [0.2, 0.25) is 0 Å². The summed E-state index contributed by atoms with van der Waals surface area (Å²) in [7, 11) is -3.49. The molecule has 0 bridgehead atoms. The van der Waals surface area contributed by atoms with E-state index < -0.39 is 10.0 Å². The molecule has 2 fully saturated rings. The van der Waals surface area contributed by atoms with E-state index in [9.17, 15) is 13.2 Å². The number of carbonyl (C=O) groups excluding carboxylic acids is 1. The monoisotopic (exact) mass is 364 g/mol. The summed E-state index contributed by atoms with van der Waals surface area (Å²) in [6.07, 6.45) is 4.46. The third-order valence-corrected chi connectivity index (χ3v) is 7.36. The summed E-state index contributed by atoms with van der Waals surface area (Å²) in [6, 6.07) is 5.51. The lowest BCUT2D eigenvalue weighted by Crippen LogP contribution is -2.52. The first kappa shape index (κ1) is 17.0. The zero-order chi connectivity index (χ0) is 17.4. The number of amides is 1. The van der Waals surface area contributed by atoms with E-state index in [0.717, 1.165) is 37.7 Å². The fourth-order valence-electron chi connectivity index (χ4n) is 3.98. The van der Waals surface area contributed by atoms with Gasteiger partial charge in [-0.15, -0.1) is 0 Å². The largest absolute Gasteiger partial charge is 0.368 e. The molecule has 25 heavy (non-hydrogen) atoms. The van der Waals surface area contributed by atoms with Crippen molar-refractivity contribution in [2.45, 2.75) is 43.1 Å². The lowest BCUT2D eigenvalue weighted by atomic mass is 10.1. The van der Waals surface area contributed by atoms with Crippen LogP contribution in [0.25, 0.3) is 0 Å². The number of hydrogen-bond acceptors (Lipinski definition) is 4. The van der Waals surface area contributed by atoms with Crippen molar-refractivity contribution in [2.75, 3.05) is 32.8 Å². The second-order valence-corrected chi connectivity index (χ2v) is 8.95. The molecular formula is C18H24N2O4S. The Morgan fingerprint density at radius 1 is 1.04 bits per heavy atom. The molecule has 0 radical (unpaired) electrons. The molecular weight excluding hydrogens is 340 g/mol. The molecule has 1 aromatic rings. The molecule has 0 unspecified atom stereocenters. The first-order chi connectivity index (χ1) is 12.1. The average Bonchev–Trinajstić information content (AvgIpc) is 3.32. The maximum absolute atomic E-state index is 12.9. The predicted molar refractivity (Wildman–Crippen MR) is 92.8 cm³/mol. The molecule has 3 aliphatic rings. The Kier molecular flexibility index (Phi) is 4.56. The van der Waals surface area contributed by atoms with Gasteiger partial charge in [0.25, 0.3) is 5.91 Å². The van der Waals surface area contributed by atoms with Crippen molar-refractivity contribution in [2.24, 2.45) is 0 Å². The molecule has 0 N–H and O–H groups in total. The lowest BCUT2D eigenvalue weighted by molar-refractivity contribution is -0.142. The van der Waals surface area contributed by atoms with Crippen LogP contribution >= 0.6 is 0 Å². The Morgan fingerprint density at radius 2 is 1.80 bits per heavy atom. The van der Waals surface area contributed by atoms with E-state index in [1.165, 1.54) is 9.87 Å². The first-order valence-corrected chi connectivity index (χ1v) is 10.5. The number of rotatable bonds is 3. The van der Waals surface area contributed by atoms with Crippen LogP contribution in [0.4, 0.5) is 0 Å². The number of benzene rings is 1. The highest BCUT2D eigenvalue weighted by Gasteiger charge is 2.34. The van der Waals surface area contributed by atoms with Crippen molar-refractivity contribution in [3.8, 4) is 0 Å². The van der Waals surface area contributed by atoms with Gasteiger partial charge in [0.1, 0.15) is 6.10 Å². The van der Waals surface area contributed by atoms with E-state index in [1.54, 1.807) is 11.0 Å². The Morgan fingerprint density at radius 3 is 2.52 bits per heavy atom. The molecule has 1 aliphatic carbocycles. The fraction of sp³-hybridized carbons (Fsp3) is 0.611. The average molecular weight is 364 g/mol. The molecule has 7 heteroatoms. The summed E-state index contributed by atoms with van der Waals surface area (Å²) in [5.74, 6) is 0.00655. The Labute approximate surface area is 148 Å². The zero-order valence-corrected chi connectivity index (χ0v) is 15.1. The third-order valence-electron chi connectivity index (χ3n) is 5.46. The minimum Gasteiger partial charge on any atom is -0.368 e. The van der Waals surface area contributed by atoms with E-state index in [1.807, 2.05) is 12.1 Å². The van der Waals surface area contributed by atoms with Gasteiger partial charge in [-0.3, -0.25) is 4.79 Å². The quantitative estimate of drug-likeness (QED) is 0.808. The number of nitrogens with zero attached hydrogens (tertiary/aromatic N) is 2. The minimum atomic E-state index is -3.49. The van der Waals surface area contributed by atoms with Crippen molar-refractivity contribution >= 4 is 15.9 Å². The second-order valence-electron chi connectivity index (χ2n) is 7.02. The molecule has 0 spiro atoms. The summed E-state index contributed by atoms with van der Waals surface area (Å²) >= 11 is 0. The fourth-order valence-corrected chi connectivity index (χ4v) is 5.46. The first-order valence-electron chi connectivity index (χ1n) is 9.08. The molecule has 1 aromatic carbocycles. The van der Waals surface area contributed by atoms with E-state index in [2.05, 4.69) is 0 Å². The number of carbonyl (C=O) groups is 1. The van der Waals surface area contributed by atoms with Gasteiger partial charge in [-0.2, -0.15) is 4.31 Å². The zero-order valence-electron chi connectivity index (χ0n) is 14.3. The van der Waals surface area contributed by atoms with Crippen LogP contribution in [0.1, 0.15) is 30.4 Å². The van der Waals surface area contributed by atoms with Crippen molar-refractivity contribution in [1.82, 2.24) is 9.21 Å². The van der Waals surface area contributed by atoms with Crippen LogP contribution in [-0.2, 0) is 32.4 Å². The van der Waals surface area contributed by atoms with Gasteiger partial charge in [-0.05, 0) is 55.4 Å². The van der Waals surface area contributed by atoms with E-state index >= 15 is 0 Å². The van der Waals surface area contributed by atoms with E-state index in [0.29, 0.717) is 37.7 Å². The minimum absolute atomic E-state index is 0.00655. The van der Waals surface area contributed by atoms with Crippen molar-refractivity contribution < 1.29 is 17.9 Å². The summed E-state index contributed by atoms with van der Waals surface area (Å²) in [5.41, 5.74) is 2.43. The van der Waals surface area contributed by atoms with E-state index in [-0.39, 0.29) is 12.0 Å². The highest BCUT2D eigenvalue weighted by atomic mass is 32.2. The molecule has 2 heterocycles. The maximum atomic E-state index is 12.9. The number of piperazine rings is 1. The van der Waals surface area contributed by atoms with Gasteiger partial charge in [-0.25, -0.2) is 8.42 Å². The van der Waals surface area contributed by atoms with Crippen LogP contribution in [0.5, 0.6) is 0 Å². The molecule has 1 amide bonds. The summed E-state index contributed by atoms with van der Waals surface area (Å²) in [6.45, 7) is 2.20. The standard InChI is InChI=1S/C18H24N2O4S/c21-18(17-5-2-12-24-17)19-8-10-20(11-9-19)25(22,23)16-7-6-14-3-1-4-15(14)13-16/h6-7,13,17H,1-5,8-12H2/t17-/m0/s1. The molecule has 2 saturated heterocycles. The van der Waals surface area contributed by atoms with Crippen LogP contribution in [0.3, 0.4) is 0 Å². The van der Waals surface area contributed by atoms with Crippen LogP contribution in [-0.4, -0.2) is 62.4 Å².